The first kappa shape index (κ1) is 18.6. The number of piperidine rings is 1. The third-order valence-electron chi connectivity index (χ3n) is 4.09. The third kappa shape index (κ3) is 6.03. The minimum absolute atomic E-state index is 0.226. The molecule has 132 valence electrons. The van der Waals surface area contributed by atoms with Gasteiger partial charge in [0, 0.05) is 24.6 Å². The zero-order chi connectivity index (χ0) is 17.4. The van der Waals surface area contributed by atoms with E-state index in [0.717, 1.165) is 29.5 Å². The molecular formula is C17H23BrN2O4. The van der Waals surface area contributed by atoms with Crippen molar-refractivity contribution in [1.29, 1.82) is 0 Å². The van der Waals surface area contributed by atoms with E-state index in [4.69, 9.17) is 9.47 Å². The van der Waals surface area contributed by atoms with Crippen LogP contribution in [-0.2, 0) is 9.53 Å². The van der Waals surface area contributed by atoms with E-state index in [1.54, 1.807) is 4.90 Å². The summed E-state index contributed by atoms with van der Waals surface area (Å²) < 4.78 is 11.7. The lowest BCUT2D eigenvalue weighted by molar-refractivity contribution is -0.123. The number of carbonyl (C=O) groups excluding carboxylic acids is 2. The predicted octanol–water partition coefficient (Wildman–Crippen LogP) is 2.81. The Kier molecular flexibility index (Phi) is 7.36. The normalized spacial score (nSPS) is 15.0. The molecule has 0 bridgehead atoms. The number of amides is 2. The molecule has 6 nitrogen and oxygen atoms in total. The molecular weight excluding hydrogens is 376 g/mol. The fraction of sp³-hybridized carbons (Fsp3) is 0.529. The SMILES string of the molecule is CNC(=O)COC(=O)N1CCC(CCOc2ccc(Br)cc2)CC1. The molecule has 1 fully saturated rings. The molecule has 0 aromatic heterocycles. The number of ether oxygens (including phenoxy) is 2. The number of halogens is 1. The standard InChI is InChI=1S/C17H23BrN2O4/c1-19-16(21)12-24-17(22)20-9-6-13(7-10-20)8-11-23-15-4-2-14(18)3-5-15/h2-5,13H,6-12H2,1H3,(H,19,21). The molecule has 0 radical (unpaired) electrons. The maximum absolute atomic E-state index is 11.8. The van der Waals surface area contributed by atoms with Crippen LogP contribution >= 0.6 is 15.9 Å². The second-order valence-corrected chi connectivity index (χ2v) is 6.66. The summed E-state index contributed by atoms with van der Waals surface area (Å²) in [6.45, 7) is 1.77. The highest BCUT2D eigenvalue weighted by Gasteiger charge is 2.24. The van der Waals surface area contributed by atoms with Crippen LogP contribution in [0.5, 0.6) is 5.75 Å². The summed E-state index contributed by atoms with van der Waals surface area (Å²) >= 11 is 3.40. The molecule has 1 saturated heterocycles. The number of hydrogen-bond donors (Lipinski definition) is 1. The molecule has 1 N–H and O–H groups in total. The molecule has 0 aliphatic carbocycles. The van der Waals surface area contributed by atoms with Crippen LogP contribution in [0.15, 0.2) is 28.7 Å². The Balaban J connectivity index is 1.62. The number of benzene rings is 1. The molecule has 1 aliphatic heterocycles. The lowest BCUT2D eigenvalue weighted by atomic mass is 9.94. The summed E-state index contributed by atoms with van der Waals surface area (Å²) in [5.74, 6) is 1.11. The average molecular weight is 399 g/mol. The molecule has 0 saturated carbocycles. The van der Waals surface area contributed by atoms with Crippen LogP contribution in [0.25, 0.3) is 0 Å². The number of rotatable bonds is 6. The summed E-state index contributed by atoms with van der Waals surface area (Å²) in [5, 5.41) is 2.42. The van der Waals surface area contributed by atoms with Crippen LogP contribution in [0.4, 0.5) is 4.79 Å². The van der Waals surface area contributed by atoms with E-state index >= 15 is 0 Å². The number of likely N-dealkylation sites (N-methyl/N-ethyl adjacent to an activating group) is 1. The van der Waals surface area contributed by atoms with Crippen molar-refractivity contribution in [3.05, 3.63) is 28.7 Å². The van der Waals surface area contributed by atoms with Crippen LogP contribution in [0, 0.1) is 5.92 Å². The Morgan fingerprint density at radius 3 is 2.54 bits per heavy atom. The molecule has 7 heteroatoms. The van der Waals surface area contributed by atoms with E-state index in [9.17, 15) is 9.59 Å². The second kappa shape index (κ2) is 9.52. The average Bonchev–Trinajstić information content (AvgIpc) is 2.61. The van der Waals surface area contributed by atoms with Gasteiger partial charge in [0.25, 0.3) is 5.91 Å². The molecule has 1 heterocycles. The van der Waals surface area contributed by atoms with E-state index in [2.05, 4.69) is 21.2 Å². The Morgan fingerprint density at radius 2 is 1.92 bits per heavy atom. The Bertz CT molecular complexity index is 542. The molecule has 2 rings (SSSR count). The topological polar surface area (TPSA) is 67.9 Å². The highest BCUT2D eigenvalue weighted by Crippen LogP contribution is 2.22. The fourth-order valence-corrected chi connectivity index (χ4v) is 2.83. The lowest BCUT2D eigenvalue weighted by Gasteiger charge is -2.31. The second-order valence-electron chi connectivity index (χ2n) is 5.75. The number of likely N-dealkylation sites (tertiary alicyclic amines) is 1. The molecule has 0 atom stereocenters. The van der Waals surface area contributed by atoms with Crippen molar-refractivity contribution >= 4 is 27.9 Å². The summed E-state index contributed by atoms with van der Waals surface area (Å²) in [6, 6.07) is 7.79. The van der Waals surface area contributed by atoms with Gasteiger partial charge in [0.2, 0.25) is 0 Å². The van der Waals surface area contributed by atoms with Gasteiger partial charge in [-0.25, -0.2) is 4.79 Å². The largest absolute Gasteiger partial charge is 0.494 e. The first-order valence-electron chi connectivity index (χ1n) is 8.09. The van der Waals surface area contributed by atoms with Crippen molar-refractivity contribution in [3.8, 4) is 5.75 Å². The predicted molar refractivity (Wildman–Crippen MR) is 94.0 cm³/mol. The maximum Gasteiger partial charge on any atom is 0.410 e. The van der Waals surface area contributed by atoms with E-state index < -0.39 is 6.09 Å². The van der Waals surface area contributed by atoms with Gasteiger partial charge in [-0.1, -0.05) is 15.9 Å². The van der Waals surface area contributed by atoms with Gasteiger partial charge in [0.05, 0.1) is 6.61 Å². The van der Waals surface area contributed by atoms with Crippen LogP contribution in [-0.4, -0.2) is 50.3 Å². The number of carbonyl (C=O) groups is 2. The maximum atomic E-state index is 11.8. The molecule has 24 heavy (non-hydrogen) atoms. The van der Waals surface area contributed by atoms with Crippen LogP contribution in [0.2, 0.25) is 0 Å². The minimum Gasteiger partial charge on any atom is -0.494 e. The highest BCUT2D eigenvalue weighted by molar-refractivity contribution is 9.10. The van der Waals surface area contributed by atoms with Crippen molar-refractivity contribution in [1.82, 2.24) is 10.2 Å². The molecule has 0 spiro atoms. The number of hydrogen-bond acceptors (Lipinski definition) is 4. The highest BCUT2D eigenvalue weighted by atomic mass is 79.9. The van der Waals surface area contributed by atoms with Gasteiger partial charge in [-0.3, -0.25) is 4.79 Å². The first-order chi connectivity index (χ1) is 11.6. The van der Waals surface area contributed by atoms with E-state index in [-0.39, 0.29) is 12.5 Å². The lowest BCUT2D eigenvalue weighted by Crippen LogP contribution is -2.40. The fourth-order valence-electron chi connectivity index (χ4n) is 2.57. The van der Waals surface area contributed by atoms with Crippen LogP contribution in [0.1, 0.15) is 19.3 Å². The van der Waals surface area contributed by atoms with Crippen molar-refractivity contribution in [3.63, 3.8) is 0 Å². The summed E-state index contributed by atoms with van der Waals surface area (Å²) in [6.07, 6.45) is 2.41. The van der Waals surface area contributed by atoms with E-state index in [0.29, 0.717) is 25.6 Å². The summed E-state index contributed by atoms with van der Waals surface area (Å²) in [7, 11) is 1.51. The van der Waals surface area contributed by atoms with Crippen LogP contribution in [0.3, 0.4) is 0 Å². The zero-order valence-corrected chi connectivity index (χ0v) is 15.4. The van der Waals surface area contributed by atoms with Crippen molar-refractivity contribution in [2.75, 3.05) is 33.4 Å². The third-order valence-corrected chi connectivity index (χ3v) is 4.62. The van der Waals surface area contributed by atoms with Gasteiger partial charge >= 0.3 is 6.09 Å². The van der Waals surface area contributed by atoms with Gasteiger partial charge in [-0.2, -0.15) is 0 Å². The van der Waals surface area contributed by atoms with Gasteiger partial charge in [0.1, 0.15) is 5.75 Å². The quantitative estimate of drug-likeness (QED) is 0.799. The molecule has 1 aliphatic rings. The molecule has 1 aromatic rings. The van der Waals surface area contributed by atoms with Crippen molar-refractivity contribution in [2.45, 2.75) is 19.3 Å². The van der Waals surface area contributed by atoms with Gasteiger partial charge in [-0.05, 0) is 49.4 Å². The molecule has 0 unspecified atom stereocenters. The monoisotopic (exact) mass is 398 g/mol. The van der Waals surface area contributed by atoms with Gasteiger partial charge in [0.15, 0.2) is 6.61 Å². The van der Waals surface area contributed by atoms with Crippen molar-refractivity contribution in [2.24, 2.45) is 5.92 Å². The molecule has 2 amide bonds. The summed E-state index contributed by atoms with van der Waals surface area (Å²) in [5.41, 5.74) is 0. The smallest absolute Gasteiger partial charge is 0.410 e. The zero-order valence-electron chi connectivity index (χ0n) is 13.8. The summed E-state index contributed by atoms with van der Waals surface area (Å²) in [4.78, 5) is 24.6. The van der Waals surface area contributed by atoms with E-state index in [1.165, 1.54) is 7.05 Å². The Morgan fingerprint density at radius 1 is 1.25 bits per heavy atom. The van der Waals surface area contributed by atoms with Crippen molar-refractivity contribution < 1.29 is 19.1 Å². The van der Waals surface area contributed by atoms with Gasteiger partial charge < -0.3 is 19.7 Å². The first-order valence-corrected chi connectivity index (χ1v) is 8.88. The van der Waals surface area contributed by atoms with E-state index in [1.807, 2.05) is 24.3 Å². The number of nitrogens with zero attached hydrogens (tertiary/aromatic N) is 1. The Labute approximate surface area is 150 Å². The Hall–Kier alpha value is -1.76. The van der Waals surface area contributed by atoms with Gasteiger partial charge in [-0.15, -0.1) is 0 Å². The molecule has 1 aromatic carbocycles. The van der Waals surface area contributed by atoms with Crippen LogP contribution < -0.4 is 10.1 Å². The minimum atomic E-state index is -0.414. The number of nitrogens with one attached hydrogen (secondary N) is 1.